The highest BCUT2D eigenvalue weighted by Gasteiger charge is 2.37. The second-order valence-electron chi connectivity index (χ2n) is 7.91. The number of nitrogens with zero attached hydrogens (tertiary/aromatic N) is 4. The van der Waals surface area contributed by atoms with Crippen LogP contribution in [0.25, 0.3) is 5.69 Å². The SMILES string of the molecule is CNc1nc(N)nc2c1C(c1ccc(-n3cnc(Cl)c3)c(OC)c1)CC2c1ccc(Cl)cc1. The summed E-state index contributed by atoms with van der Waals surface area (Å²) in [6.45, 7) is 0. The van der Waals surface area contributed by atoms with E-state index in [1.165, 1.54) is 0 Å². The monoisotopic (exact) mass is 480 g/mol. The Morgan fingerprint density at radius 2 is 1.82 bits per heavy atom. The predicted molar refractivity (Wildman–Crippen MR) is 131 cm³/mol. The van der Waals surface area contributed by atoms with Gasteiger partial charge in [0.1, 0.15) is 23.0 Å². The largest absolute Gasteiger partial charge is 0.495 e. The molecular formula is C24H22Cl2N6O. The molecule has 0 bridgehead atoms. The van der Waals surface area contributed by atoms with Gasteiger partial charge < -0.3 is 20.4 Å². The average molecular weight is 481 g/mol. The number of anilines is 2. The summed E-state index contributed by atoms with van der Waals surface area (Å²) in [5, 5.41) is 4.33. The van der Waals surface area contributed by atoms with Gasteiger partial charge in [-0.15, -0.1) is 0 Å². The van der Waals surface area contributed by atoms with E-state index in [4.69, 9.17) is 33.7 Å². The maximum atomic E-state index is 6.13. The number of benzene rings is 2. The first-order valence-corrected chi connectivity index (χ1v) is 11.2. The molecule has 0 amide bonds. The maximum Gasteiger partial charge on any atom is 0.222 e. The van der Waals surface area contributed by atoms with E-state index in [0.29, 0.717) is 10.2 Å². The Morgan fingerprint density at radius 3 is 2.48 bits per heavy atom. The van der Waals surface area contributed by atoms with E-state index in [0.717, 1.165) is 46.1 Å². The lowest BCUT2D eigenvalue weighted by atomic mass is 9.90. The van der Waals surface area contributed by atoms with Crippen LogP contribution < -0.4 is 15.8 Å². The first-order valence-electron chi connectivity index (χ1n) is 10.5. The molecule has 7 nitrogen and oxygen atoms in total. The van der Waals surface area contributed by atoms with Crippen LogP contribution in [0.1, 0.15) is 40.6 Å². The van der Waals surface area contributed by atoms with Crippen molar-refractivity contribution < 1.29 is 4.74 Å². The van der Waals surface area contributed by atoms with Crippen LogP contribution >= 0.6 is 23.2 Å². The van der Waals surface area contributed by atoms with Gasteiger partial charge in [0.05, 0.1) is 18.5 Å². The standard InChI is InChI=1S/C24H22Cl2N6O/c1-28-23-21-16(14-5-8-18(19(9-14)33-2)32-11-20(26)29-12-32)10-17(22(21)30-24(27)31-23)13-3-6-15(25)7-4-13/h3-9,11-12,16-17H,10H2,1-2H3,(H3,27,28,30,31). The number of rotatable bonds is 5. The maximum absolute atomic E-state index is 6.13. The summed E-state index contributed by atoms with van der Waals surface area (Å²) in [6, 6.07) is 14.1. The zero-order valence-electron chi connectivity index (χ0n) is 18.1. The number of hydrogen-bond acceptors (Lipinski definition) is 6. The van der Waals surface area contributed by atoms with Gasteiger partial charge in [0, 0.05) is 35.7 Å². The Hall–Kier alpha value is -3.29. The molecule has 1 aliphatic carbocycles. The molecule has 33 heavy (non-hydrogen) atoms. The quantitative estimate of drug-likeness (QED) is 0.404. The van der Waals surface area contributed by atoms with Gasteiger partial charge in [0.2, 0.25) is 5.95 Å². The van der Waals surface area contributed by atoms with E-state index in [1.807, 2.05) is 41.9 Å². The smallest absolute Gasteiger partial charge is 0.222 e. The molecule has 4 aromatic rings. The molecule has 0 spiro atoms. The number of aromatic nitrogens is 4. The molecule has 2 unspecified atom stereocenters. The normalized spacial score (nSPS) is 17.1. The van der Waals surface area contributed by atoms with Crippen LogP contribution in [-0.4, -0.2) is 33.7 Å². The molecule has 0 saturated heterocycles. The summed E-state index contributed by atoms with van der Waals surface area (Å²) in [5.41, 5.74) is 11.1. The second kappa shape index (κ2) is 8.57. The minimum atomic E-state index is 0.0538. The minimum absolute atomic E-state index is 0.0538. The summed E-state index contributed by atoms with van der Waals surface area (Å²) in [6.07, 6.45) is 4.23. The highest BCUT2D eigenvalue weighted by atomic mass is 35.5. The van der Waals surface area contributed by atoms with Gasteiger partial charge in [0.15, 0.2) is 0 Å². The van der Waals surface area contributed by atoms with Crippen molar-refractivity contribution in [2.24, 2.45) is 0 Å². The van der Waals surface area contributed by atoms with Crippen molar-refractivity contribution >= 4 is 35.0 Å². The third kappa shape index (κ3) is 3.87. The summed E-state index contributed by atoms with van der Waals surface area (Å²) in [7, 11) is 3.50. The van der Waals surface area contributed by atoms with E-state index >= 15 is 0 Å². The van der Waals surface area contributed by atoms with Crippen molar-refractivity contribution in [2.45, 2.75) is 18.3 Å². The second-order valence-corrected chi connectivity index (χ2v) is 8.73. The minimum Gasteiger partial charge on any atom is -0.495 e. The molecule has 2 atom stereocenters. The molecule has 0 aliphatic heterocycles. The van der Waals surface area contributed by atoms with Gasteiger partial charge in [-0.1, -0.05) is 41.4 Å². The molecule has 2 aromatic heterocycles. The van der Waals surface area contributed by atoms with E-state index < -0.39 is 0 Å². The summed E-state index contributed by atoms with van der Waals surface area (Å²) < 4.78 is 7.56. The molecule has 0 fully saturated rings. The highest BCUT2D eigenvalue weighted by molar-refractivity contribution is 6.30. The Kier molecular flexibility index (Phi) is 5.60. The van der Waals surface area contributed by atoms with Crippen LogP contribution in [0.15, 0.2) is 55.0 Å². The number of fused-ring (bicyclic) bond motifs is 1. The first-order chi connectivity index (χ1) is 16.0. The van der Waals surface area contributed by atoms with Crippen molar-refractivity contribution in [2.75, 3.05) is 25.2 Å². The van der Waals surface area contributed by atoms with Crippen LogP contribution in [0, 0.1) is 0 Å². The van der Waals surface area contributed by atoms with Crippen LogP contribution in [0.2, 0.25) is 10.2 Å². The van der Waals surface area contributed by atoms with E-state index in [1.54, 1.807) is 19.6 Å². The molecule has 2 heterocycles. The van der Waals surface area contributed by atoms with Gasteiger partial charge in [-0.05, 0) is 41.8 Å². The van der Waals surface area contributed by atoms with Crippen LogP contribution in [0.3, 0.4) is 0 Å². The van der Waals surface area contributed by atoms with Crippen molar-refractivity contribution in [1.29, 1.82) is 0 Å². The number of nitrogen functional groups attached to an aromatic ring is 1. The number of ether oxygens (including phenoxy) is 1. The molecule has 5 rings (SSSR count). The fraction of sp³-hybridized carbons (Fsp3) is 0.208. The fourth-order valence-electron chi connectivity index (χ4n) is 4.62. The molecular weight excluding hydrogens is 459 g/mol. The molecule has 1 aliphatic rings. The third-order valence-electron chi connectivity index (χ3n) is 6.09. The van der Waals surface area contributed by atoms with E-state index in [9.17, 15) is 0 Å². The number of halogens is 2. The lowest BCUT2D eigenvalue weighted by Crippen LogP contribution is -2.09. The highest BCUT2D eigenvalue weighted by Crippen LogP contribution is 2.50. The number of methoxy groups -OCH3 is 1. The van der Waals surface area contributed by atoms with Crippen molar-refractivity contribution in [3.63, 3.8) is 0 Å². The Bertz CT molecular complexity index is 1320. The van der Waals surface area contributed by atoms with Crippen LogP contribution in [-0.2, 0) is 0 Å². The number of imidazole rings is 1. The Balaban J connectivity index is 1.62. The lowest BCUT2D eigenvalue weighted by molar-refractivity contribution is 0.412. The summed E-state index contributed by atoms with van der Waals surface area (Å²) in [5.74, 6) is 1.84. The molecule has 0 radical (unpaired) electrons. The summed E-state index contributed by atoms with van der Waals surface area (Å²) in [4.78, 5) is 13.2. The lowest BCUT2D eigenvalue weighted by Gasteiger charge is -2.18. The average Bonchev–Trinajstić information content (AvgIpc) is 3.42. The van der Waals surface area contributed by atoms with Crippen molar-refractivity contribution in [3.8, 4) is 11.4 Å². The number of hydrogen-bond donors (Lipinski definition) is 2. The molecule has 0 saturated carbocycles. The molecule has 2 aromatic carbocycles. The van der Waals surface area contributed by atoms with E-state index in [-0.39, 0.29) is 17.8 Å². The molecule has 9 heteroatoms. The van der Waals surface area contributed by atoms with Crippen molar-refractivity contribution in [1.82, 2.24) is 19.5 Å². The van der Waals surface area contributed by atoms with Gasteiger partial charge in [-0.25, -0.2) is 9.97 Å². The number of nitrogens with two attached hydrogens (primary N) is 1. The van der Waals surface area contributed by atoms with Gasteiger partial charge in [-0.2, -0.15) is 4.98 Å². The zero-order valence-corrected chi connectivity index (χ0v) is 19.6. The first kappa shape index (κ1) is 21.6. The van der Waals surface area contributed by atoms with Crippen LogP contribution in [0.5, 0.6) is 5.75 Å². The zero-order chi connectivity index (χ0) is 23.1. The van der Waals surface area contributed by atoms with Crippen molar-refractivity contribution in [3.05, 3.63) is 87.5 Å². The molecule has 168 valence electrons. The third-order valence-corrected chi connectivity index (χ3v) is 6.53. The van der Waals surface area contributed by atoms with Gasteiger partial charge in [-0.3, -0.25) is 0 Å². The van der Waals surface area contributed by atoms with Gasteiger partial charge >= 0.3 is 0 Å². The summed E-state index contributed by atoms with van der Waals surface area (Å²) >= 11 is 12.1. The van der Waals surface area contributed by atoms with Crippen LogP contribution in [0.4, 0.5) is 11.8 Å². The Labute approximate surface area is 201 Å². The fourth-order valence-corrected chi connectivity index (χ4v) is 4.89. The van der Waals surface area contributed by atoms with Gasteiger partial charge in [0.25, 0.3) is 0 Å². The Morgan fingerprint density at radius 1 is 1.06 bits per heavy atom. The topological polar surface area (TPSA) is 90.9 Å². The predicted octanol–water partition coefficient (Wildman–Crippen LogP) is 5.27. The van der Waals surface area contributed by atoms with E-state index in [2.05, 4.69) is 32.4 Å². The molecule has 3 N–H and O–H groups in total. The number of nitrogens with one attached hydrogen (secondary N) is 1.